The normalized spacial score (nSPS) is 17.4. The molecule has 1 aliphatic heterocycles. The van der Waals surface area contributed by atoms with Crippen LogP contribution in [-0.4, -0.2) is 51.8 Å². The van der Waals surface area contributed by atoms with E-state index < -0.39 is 0 Å². The average Bonchev–Trinajstić information content (AvgIpc) is 3.00. The second kappa shape index (κ2) is 6.55. The third-order valence-electron chi connectivity index (χ3n) is 4.99. The molecule has 1 saturated heterocycles. The molecule has 4 rings (SSSR count). The molecule has 7 nitrogen and oxygen atoms in total. The molecule has 0 atom stereocenters. The van der Waals surface area contributed by atoms with Gasteiger partial charge in [0.1, 0.15) is 0 Å². The summed E-state index contributed by atoms with van der Waals surface area (Å²) < 4.78 is 1.67. The fraction of sp³-hybridized carbons (Fsp3) is 0.556. The Balaban J connectivity index is 1.31. The molecule has 25 heavy (non-hydrogen) atoms. The quantitative estimate of drug-likeness (QED) is 0.799. The molecular formula is C18H24N6O. The smallest absolute Gasteiger partial charge is 0.267 e. The van der Waals surface area contributed by atoms with E-state index in [1.54, 1.807) is 10.7 Å². The number of hydrogen-bond donors (Lipinski definition) is 0. The lowest BCUT2D eigenvalue weighted by molar-refractivity contribution is 0.0763. The van der Waals surface area contributed by atoms with E-state index in [9.17, 15) is 4.79 Å². The molecule has 0 saturated carbocycles. The fourth-order valence-corrected chi connectivity index (χ4v) is 3.65. The van der Waals surface area contributed by atoms with Crippen LogP contribution in [-0.2, 0) is 25.9 Å². The zero-order valence-corrected chi connectivity index (χ0v) is 14.9. The lowest BCUT2D eigenvalue weighted by Crippen LogP contribution is -2.49. The van der Waals surface area contributed by atoms with Gasteiger partial charge in [0.25, 0.3) is 5.56 Å². The van der Waals surface area contributed by atoms with Crippen LogP contribution in [0.15, 0.2) is 23.3 Å². The molecule has 7 heteroatoms. The highest BCUT2D eigenvalue weighted by molar-refractivity contribution is 5.26. The molecule has 0 radical (unpaired) electrons. The fourth-order valence-electron chi connectivity index (χ4n) is 3.65. The Bertz CT molecular complexity index is 807. The van der Waals surface area contributed by atoms with Gasteiger partial charge in [0.05, 0.1) is 12.2 Å². The van der Waals surface area contributed by atoms with Crippen LogP contribution in [0.5, 0.6) is 0 Å². The van der Waals surface area contributed by atoms with Crippen molar-refractivity contribution in [3.05, 3.63) is 45.6 Å². The van der Waals surface area contributed by atoms with Crippen LogP contribution in [0.2, 0.25) is 0 Å². The van der Waals surface area contributed by atoms with Gasteiger partial charge in [-0.3, -0.25) is 9.69 Å². The Morgan fingerprint density at radius 2 is 1.96 bits per heavy atom. The minimum Gasteiger partial charge on any atom is -0.347 e. The number of nitrogens with zero attached hydrogens (tertiary/aromatic N) is 6. The van der Waals surface area contributed by atoms with Crippen molar-refractivity contribution in [2.45, 2.75) is 32.4 Å². The maximum atomic E-state index is 12.2. The van der Waals surface area contributed by atoms with Gasteiger partial charge in [-0.25, -0.2) is 14.6 Å². The standard InChI is InChI=1S/C18H24N6O/c1-22(2)18-19-7-13(8-20-18)9-23-10-14(11-23)12-24-17(25)6-15-4-3-5-16(15)21-24/h6-8,14H,3-5,9-12H2,1-2H3. The number of fused-ring (bicyclic) bond motifs is 1. The largest absolute Gasteiger partial charge is 0.347 e. The van der Waals surface area contributed by atoms with Crippen molar-refractivity contribution in [2.24, 2.45) is 5.92 Å². The predicted octanol–water partition coefficient (Wildman–Crippen LogP) is 0.720. The van der Waals surface area contributed by atoms with E-state index in [-0.39, 0.29) is 5.56 Å². The van der Waals surface area contributed by atoms with Gasteiger partial charge in [-0.15, -0.1) is 0 Å². The highest BCUT2D eigenvalue weighted by Crippen LogP contribution is 2.21. The zero-order chi connectivity index (χ0) is 17.4. The van der Waals surface area contributed by atoms with E-state index in [0.29, 0.717) is 5.92 Å². The molecule has 1 fully saturated rings. The molecule has 3 heterocycles. The molecular weight excluding hydrogens is 316 g/mol. The molecule has 0 bridgehead atoms. The minimum absolute atomic E-state index is 0.0479. The van der Waals surface area contributed by atoms with Gasteiger partial charge in [-0.05, 0) is 24.8 Å². The Hall–Kier alpha value is -2.28. The van der Waals surface area contributed by atoms with Crippen LogP contribution in [0.3, 0.4) is 0 Å². The number of likely N-dealkylation sites (tertiary alicyclic amines) is 1. The van der Waals surface area contributed by atoms with Gasteiger partial charge in [0.2, 0.25) is 5.95 Å². The van der Waals surface area contributed by atoms with Crippen LogP contribution < -0.4 is 10.5 Å². The lowest BCUT2D eigenvalue weighted by atomic mass is 9.99. The number of rotatable bonds is 5. The first-order chi connectivity index (χ1) is 12.1. The molecule has 2 aromatic heterocycles. The van der Waals surface area contributed by atoms with Crippen molar-refractivity contribution >= 4 is 5.95 Å². The van der Waals surface area contributed by atoms with Crippen molar-refractivity contribution in [2.75, 3.05) is 32.1 Å². The Kier molecular flexibility index (Phi) is 4.25. The first-order valence-electron chi connectivity index (χ1n) is 8.89. The second-order valence-electron chi connectivity index (χ2n) is 7.34. The second-order valence-corrected chi connectivity index (χ2v) is 7.34. The molecule has 2 aliphatic rings. The van der Waals surface area contributed by atoms with Gasteiger partial charge in [0, 0.05) is 63.7 Å². The summed E-state index contributed by atoms with van der Waals surface area (Å²) in [6.45, 7) is 3.55. The monoisotopic (exact) mass is 340 g/mol. The Morgan fingerprint density at radius 1 is 1.20 bits per heavy atom. The molecule has 132 valence electrons. The molecule has 0 aromatic carbocycles. The maximum absolute atomic E-state index is 12.2. The molecule has 0 spiro atoms. The number of anilines is 1. The van der Waals surface area contributed by atoms with Gasteiger partial charge >= 0.3 is 0 Å². The summed E-state index contributed by atoms with van der Waals surface area (Å²) in [5, 5.41) is 4.57. The topological polar surface area (TPSA) is 67.2 Å². The molecule has 2 aromatic rings. The SMILES string of the molecule is CN(C)c1ncc(CN2CC(Cn3nc4c(cc3=O)CCC4)C2)cn1. The van der Waals surface area contributed by atoms with Gasteiger partial charge in [0.15, 0.2) is 0 Å². The minimum atomic E-state index is 0.0479. The molecule has 1 aliphatic carbocycles. The summed E-state index contributed by atoms with van der Waals surface area (Å²) in [7, 11) is 3.87. The first-order valence-corrected chi connectivity index (χ1v) is 8.89. The Labute approximate surface area is 147 Å². The first kappa shape index (κ1) is 16.2. The Morgan fingerprint density at radius 3 is 2.68 bits per heavy atom. The predicted molar refractivity (Wildman–Crippen MR) is 95.6 cm³/mol. The van der Waals surface area contributed by atoms with Crippen molar-refractivity contribution < 1.29 is 0 Å². The van der Waals surface area contributed by atoms with Crippen LogP contribution in [0, 0.1) is 5.92 Å². The van der Waals surface area contributed by atoms with Crippen LogP contribution >= 0.6 is 0 Å². The van der Waals surface area contributed by atoms with E-state index in [4.69, 9.17) is 0 Å². The van der Waals surface area contributed by atoms with E-state index in [1.807, 2.05) is 31.4 Å². The maximum Gasteiger partial charge on any atom is 0.267 e. The third kappa shape index (κ3) is 3.42. The van der Waals surface area contributed by atoms with Crippen molar-refractivity contribution in [3.8, 4) is 0 Å². The number of hydrogen-bond acceptors (Lipinski definition) is 6. The molecule has 0 amide bonds. The zero-order valence-electron chi connectivity index (χ0n) is 14.9. The van der Waals surface area contributed by atoms with E-state index in [0.717, 1.165) is 68.2 Å². The number of aryl methyl sites for hydroxylation is 2. The van der Waals surface area contributed by atoms with E-state index in [1.165, 1.54) is 0 Å². The van der Waals surface area contributed by atoms with Crippen LogP contribution in [0.4, 0.5) is 5.95 Å². The summed E-state index contributed by atoms with van der Waals surface area (Å²) in [6.07, 6.45) is 6.92. The summed E-state index contributed by atoms with van der Waals surface area (Å²) in [4.78, 5) is 25.1. The van der Waals surface area contributed by atoms with Gasteiger partial charge in [-0.2, -0.15) is 5.10 Å². The van der Waals surface area contributed by atoms with Crippen LogP contribution in [0.25, 0.3) is 0 Å². The van der Waals surface area contributed by atoms with Crippen molar-refractivity contribution in [1.29, 1.82) is 0 Å². The lowest BCUT2D eigenvalue weighted by Gasteiger charge is -2.39. The third-order valence-corrected chi connectivity index (χ3v) is 4.99. The van der Waals surface area contributed by atoms with Gasteiger partial charge in [-0.1, -0.05) is 0 Å². The summed E-state index contributed by atoms with van der Waals surface area (Å²) >= 11 is 0. The van der Waals surface area contributed by atoms with Crippen molar-refractivity contribution in [1.82, 2.24) is 24.6 Å². The molecule has 0 N–H and O–H groups in total. The van der Waals surface area contributed by atoms with E-state index >= 15 is 0 Å². The average molecular weight is 340 g/mol. The highest BCUT2D eigenvalue weighted by Gasteiger charge is 2.28. The van der Waals surface area contributed by atoms with Crippen LogP contribution in [0.1, 0.15) is 23.2 Å². The molecule has 0 unspecified atom stereocenters. The number of aromatic nitrogens is 4. The summed E-state index contributed by atoms with van der Waals surface area (Å²) in [5.74, 6) is 1.22. The summed E-state index contributed by atoms with van der Waals surface area (Å²) in [6, 6.07) is 1.79. The van der Waals surface area contributed by atoms with Gasteiger partial charge < -0.3 is 4.90 Å². The van der Waals surface area contributed by atoms with Crippen molar-refractivity contribution in [3.63, 3.8) is 0 Å². The highest BCUT2D eigenvalue weighted by atomic mass is 16.1. The summed E-state index contributed by atoms with van der Waals surface area (Å²) in [5.41, 5.74) is 3.44. The van der Waals surface area contributed by atoms with E-state index in [2.05, 4.69) is 20.0 Å².